The van der Waals surface area contributed by atoms with Crippen LogP contribution in [0.15, 0.2) is 48.5 Å². The molecule has 3 nitrogen and oxygen atoms in total. The van der Waals surface area contributed by atoms with Gasteiger partial charge in [-0.05, 0) is 43.4 Å². The van der Waals surface area contributed by atoms with Gasteiger partial charge in [-0.15, -0.1) is 0 Å². The van der Waals surface area contributed by atoms with Gasteiger partial charge in [-0.2, -0.15) is 0 Å². The van der Waals surface area contributed by atoms with E-state index in [9.17, 15) is 9.18 Å². The van der Waals surface area contributed by atoms with Gasteiger partial charge in [0.1, 0.15) is 5.82 Å². The van der Waals surface area contributed by atoms with Crippen LogP contribution in [0, 0.1) is 5.82 Å². The Labute approximate surface area is 124 Å². The van der Waals surface area contributed by atoms with Crippen LogP contribution >= 0.6 is 0 Å². The Hall–Kier alpha value is -2.20. The largest absolute Gasteiger partial charge is 0.348 e. The fourth-order valence-electron chi connectivity index (χ4n) is 2.04. The summed E-state index contributed by atoms with van der Waals surface area (Å²) < 4.78 is 13.1. The number of carbonyl (C=O) groups is 1. The topological polar surface area (TPSA) is 32.3 Å². The first-order chi connectivity index (χ1) is 10.0. The molecule has 0 unspecified atom stereocenters. The summed E-state index contributed by atoms with van der Waals surface area (Å²) in [5, 5.41) is 2.79. The van der Waals surface area contributed by atoms with E-state index >= 15 is 0 Å². The van der Waals surface area contributed by atoms with E-state index in [4.69, 9.17) is 0 Å². The summed E-state index contributed by atoms with van der Waals surface area (Å²) in [6.07, 6.45) is 0. The lowest BCUT2D eigenvalue weighted by Crippen LogP contribution is -2.22. The quantitative estimate of drug-likeness (QED) is 0.916. The van der Waals surface area contributed by atoms with Crippen molar-refractivity contribution in [3.05, 3.63) is 71.0 Å². The highest BCUT2D eigenvalue weighted by molar-refractivity contribution is 5.94. The molecule has 0 heterocycles. The Bertz CT molecular complexity index is 608. The maximum absolute atomic E-state index is 13.1. The van der Waals surface area contributed by atoms with Crippen LogP contribution in [0.1, 0.15) is 21.5 Å². The van der Waals surface area contributed by atoms with Crippen LogP contribution in [-0.4, -0.2) is 24.9 Å². The molecule has 21 heavy (non-hydrogen) atoms. The number of rotatable bonds is 5. The van der Waals surface area contributed by atoms with Crippen LogP contribution in [0.4, 0.5) is 4.39 Å². The summed E-state index contributed by atoms with van der Waals surface area (Å²) >= 11 is 0. The molecular weight excluding hydrogens is 267 g/mol. The van der Waals surface area contributed by atoms with Gasteiger partial charge in [-0.1, -0.05) is 30.3 Å². The normalized spacial score (nSPS) is 10.7. The highest BCUT2D eigenvalue weighted by Gasteiger charge is 2.06. The SMILES string of the molecule is CN(C)Cc1ccc(CNC(=O)c2cccc(F)c2)cc1. The Morgan fingerprint density at radius 3 is 2.38 bits per heavy atom. The third-order valence-corrected chi connectivity index (χ3v) is 3.06. The Morgan fingerprint density at radius 1 is 1.10 bits per heavy atom. The van der Waals surface area contributed by atoms with Crippen molar-refractivity contribution in [3.63, 3.8) is 0 Å². The summed E-state index contributed by atoms with van der Waals surface area (Å²) in [5.74, 6) is -0.678. The Balaban J connectivity index is 1.92. The molecule has 0 aliphatic carbocycles. The van der Waals surface area contributed by atoms with Crippen LogP contribution in [0.25, 0.3) is 0 Å². The second-order valence-electron chi connectivity index (χ2n) is 5.25. The van der Waals surface area contributed by atoms with E-state index in [0.29, 0.717) is 12.1 Å². The number of carbonyl (C=O) groups excluding carboxylic acids is 1. The van der Waals surface area contributed by atoms with Crippen molar-refractivity contribution >= 4 is 5.91 Å². The summed E-state index contributed by atoms with van der Waals surface area (Å²) in [5.41, 5.74) is 2.57. The molecular formula is C17H19FN2O. The molecule has 1 amide bonds. The number of nitrogens with one attached hydrogen (secondary N) is 1. The number of benzene rings is 2. The maximum atomic E-state index is 13.1. The minimum Gasteiger partial charge on any atom is -0.348 e. The number of amides is 1. The monoisotopic (exact) mass is 286 g/mol. The van der Waals surface area contributed by atoms with Gasteiger partial charge in [0.25, 0.3) is 5.91 Å². The summed E-state index contributed by atoms with van der Waals surface area (Å²) in [7, 11) is 4.04. The van der Waals surface area contributed by atoms with Gasteiger partial charge in [0.05, 0.1) is 0 Å². The summed E-state index contributed by atoms with van der Waals surface area (Å²) in [6, 6.07) is 13.7. The van der Waals surface area contributed by atoms with Crippen molar-refractivity contribution in [3.8, 4) is 0 Å². The van der Waals surface area contributed by atoms with Gasteiger partial charge in [-0.3, -0.25) is 4.79 Å². The summed E-state index contributed by atoms with van der Waals surface area (Å²) in [6.45, 7) is 1.31. The molecule has 0 aromatic heterocycles. The molecule has 0 radical (unpaired) electrons. The minimum absolute atomic E-state index is 0.271. The van der Waals surface area contributed by atoms with E-state index in [1.807, 2.05) is 38.4 Å². The van der Waals surface area contributed by atoms with Gasteiger partial charge in [0.15, 0.2) is 0 Å². The molecule has 0 atom stereocenters. The number of hydrogen-bond acceptors (Lipinski definition) is 2. The predicted octanol–water partition coefficient (Wildman–Crippen LogP) is 2.82. The Kier molecular flexibility index (Phi) is 5.06. The highest BCUT2D eigenvalue weighted by Crippen LogP contribution is 2.07. The zero-order valence-corrected chi connectivity index (χ0v) is 12.3. The third kappa shape index (κ3) is 4.68. The fourth-order valence-corrected chi connectivity index (χ4v) is 2.04. The second-order valence-corrected chi connectivity index (χ2v) is 5.25. The molecule has 110 valence electrons. The zero-order chi connectivity index (χ0) is 15.2. The van der Waals surface area contributed by atoms with E-state index in [0.717, 1.165) is 12.1 Å². The van der Waals surface area contributed by atoms with Crippen LogP contribution < -0.4 is 5.32 Å². The van der Waals surface area contributed by atoms with Gasteiger partial charge in [-0.25, -0.2) is 4.39 Å². The van der Waals surface area contributed by atoms with Crippen LogP contribution in [0.2, 0.25) is 0 Å². The minimum atomic E-state index is -0.407. The van der Waals surface area contributed by atoms with Crippen molar-refractivity contribution in [2.75, 3.05) is 14.1 Å². The highest BCUT2D eigenvalue weighted by atomic mass is 19.1. The van der Waals surface area contributed by atoms with E-state index < -0.39 is 5.82 Å². The van der Waals surface area contributed by atoms with Crippen molar-refractivity contribution in [1.82, 2.24) is 10.2 Å². The van der Waals surface area contributed by atoms with E-state index in [2.05, 4.69) is 10.2 Å². The average Bonchev–Trinajstić information content (AvgIpc) is 2.45. The first kappa shape index (κ1) is 15.2. The molecule has 0 bridgehead atoms. The first-order valence-corrected chi connectivity index (χ1v) is 6.81. The lowest BCUT2D eigenvalue weighted by molar-refractivity contribution is 0.0950. The molecule has 0 fully saturated rings. The van der Waals surface area contributed by atoms with Gasteiger partial charge >= 0.3 is 0 Å². The zero-order valence-electron chi connectivity index (χ0n) is 12.3. The van der Waals surface area contributed by atoms with Crippen molar-refractivity contribution in [2.24, 2.45) is 0 Å². The lowest BCUT2D eigenvalue weighted by atomic mass is 10.1. The van der Waals surface area contributed by atoms with Gasteiger partial charge in [0.2, 0.25) is 0 Å². The number of hydrogen-bond donors (Lipinski definition) is 1. The summed E-state index contributed by atoms with van der Waals surface area (Å²) in [4.78, 5) is 14.0. The molecule has 2 aromatic rings. The molecule has 2 aromatic carbocycles. The molecule has 2 rings (SSSR count). The third-order valence-electron chi connectivity index (χ3n) is 3.06. The van der Waals surface area contributed by atoms with Crippen molar-refractivity contribution in [1.29, 1.82) is 0 Å². The van der Waals surface area contributed by atoms with Crippen LogP contribution in [-0.2, 0) is 13.1 Å². The standard InChI is InChI=1S/C17H19FN2O/c1-20(2)12-14-8-6-13(7-9-14)11-19-17(21)15-4-3-5-16(18)10-15/h3-10H,11-12H2,1-2H3,(H,19,21). The van der Waals surface area contributed by atoms with E-state index in [1.165, 1.54) is 23.8 Å². The van der Waals surface area contributed by atoms with Crippen molar-refractivity contribution < 1.29 is 9.18 Å². The van der Waals surface area contributed by atoms with E-state index in [1.54, 1.807) is 6.07 Å². The maximum Gasteiger partial charge on any atom is 0.251 e. The van der Waals surface area contributed by atoms with Crippen LogP contribution in [0.5, 0.6) is 0 Å². The fraction of sp³-hybridized carbons (Fsp3) is 0.235. The molecule has 1 N–H and O–H groups in total. The van der Waals surface area contributed by atoms with Gasteiger partial charge in [0, 0.05) is 18.7 Å². The molecule has 4 heteroatoms. The molecule has 0 saturated carbocycles. The number of halogens is 1. The second kappa shape index (κ2) is 6.99. The molecule has 0 aliphatic heterocycles. The van der Waals surface area contributed by atoms with Crippen LogP contribution in [0.3, 0.4) is 0 Å². The first-order valence-electron chi connectivity index (χ1n) is 6.81. The van der Waals surface area contributed by atoms with Crippen molar-refractivity contribution in [2.45, 2.75) is 13.1 Å². The number of nitrogens with zero attached hydrogens (tertiary/aromatic N) is 1. The smallest absolute Gasteiger partial charge is 0.251 e. The molecule has 0 saturated heterocycles. The van der Waals surface area contributed by atoms with E-state index in [-0.39, 0.29) is 5.91 Å². The lowest BCUT2D eigenvalue weighted by Gasteiger charge is -2.10. The molecule has 0 spiro atoms. The predicted molar refractivity (Wildman–Crippen MR) is 81.4 cm³/mol. The Morgan fingerprint density at radius 2 is 1.76 bits per heavy atom. The molecule has 0 aliphatic rings. The average molecular weight is 286 g/mol. The van der Waals surface area contributed by atoms with Gasteiger partial charge < -0.3 is 10.2 Å².